The van der Waals surface area contributed by atoms with Crippen LogP contribution in [0, 0.1) is 6.92 Å². The molecule has 0 radical (unpaired) electrons. The third kappa shape index (κ3) is 5.98. The molecule has 0 saturated heterocycles. The summed E-state index contributed by atoms with van der Waals surface area (Å²) in [5, 5.41) is 6.42. The first kappa shape index (κ1) is 16.7. The van der Waals surface area contributed by atoms with Crippen LogP contribution in [-0.4, -0.2) is 17.1 Å². The molecular weight excluding hydrogens is 292 g/mol. The molecular formula is C18H24N2OS. The molecule has 118 valence electrons. The molecule has 0 aliphatic heterocycles. The fraction of sp³-hybridized carbons (Fsp3) is 0.444. The van der Waals surface area contributed by atoms with E-state index in [1.807, 2.05) is 31.2 Å². The molecule has 4 heteroatoms. The standard InChI is InChI=1S/C18H24N2OS/c1-14-8-10-15(11-9-14)12-13-17(21)20-18(22)19-16-6-4-2-3-5-7-16/h8-13,16H,2-7H2,1H3,(H2,19,20,21,22)/b13-12+. The summed E-state index contributed by atoms with van der Waals surface area (Å²) in [7, 11) is 0. The molecule has 1 aromatic rings. The molecule has 1 fully saturated rings. The van der Waals surface area contributed by atoms with Crippen LogP contribution in [0.4, 0.5) is 0 Å². The van der Waals surface area contributed by atoms with Crippen LogP contribution in [0.15, 0.2) is 30.3 Å². The Hall–Kier alpha value is -1.68. The maximum Gasteiger partial charge on any atom is 0.250 e. The number of amides is 1. The van der Waals surface area contributed by atoms with Gasteiger partial charge in [-0.05, 0) is 43.6 Å². The van der Waals surface area contributed by atoms with Crippen LogP contribution in [0.25, 0.3) is 6.08 Å². The second-order valence-electron chi connectivity index (χ2n) is 5.90. The fourth-order valence-corrected chi connectivity index (χ4v) is 2.92. The first-order valence-electron chi connectivity index (χ1n) is 8.00. The monoisotopic (exact) mass is 316 g/mol. The van der Waals surface area contributed by atoms with Crippen molar-refractivity contribution in [3.8, 4) is 0 Å². The van der Waals surface area contributed by atoms with Gasteiger partial charge in [0, 0.05) is 12.1 Å². The van der Waals surface area contributed by atoms with Crippen molar-refractivity contribution in [1.82, 2.24) is 10.6 Å². The zero-order chi connectivity index (χ0) is 15.8. The molecule has 1 aliphatic carbocycles. The van der Waals surface area contributed by atoms with E-state index < -0.39 is 0 Å². The lowest BCUT2D eigenvalue weighted by atomic mass is 10.1. The highest BCUT2D eigenvalue weighted by Gasteiger charge is 2.13. The summed E-state index contributed by atoms with van der Waals surface area (Å²) in [5.41, 5.74) is 2.21. The Bertz CT molecular complexity index is 529. The number of carbonyl (C=O) groups excluding carboxylic acids is 1. The number of aryl methyl sites for hydroxylation is 1. The van der Waals surface area contributed by atoms with Gasteiger partial charge in [0.15, 0.2) is 5.11 Å². The predicted octanol–water partition coefficient (Wildman–Crippen LogP) is 3.72. The Balaban J connectivity index is 1.78. The number of rotatable bonds is 3. The molecule has 0 heterocycles. The normalized spacial score (nSPS) is 16.2. The maximum absolute atomic E-state index is 11.9. The largest absolute Gasteiger partial charge is 0.360 e. The summed E-state index contributed by atoms with van der Waals surface area (Å²) in [5.74, 6) is -0.188. The molecule has 0 atom stereocenters. The van der Waals surface area contributed by atoms with Crippen molar-refractivity contribution in [2.75, 3.05) is 0 Å². The first-order valence-corrected chi connectivity index (χ1v) is 8.40. The number of carbonyl (C=O) groups is 1. The molecule has 22 heavy (non-hydrogen) atoms. The summed E-state index contributed by atoms with van der Waals surface area (Å²) in [6.07, 6.45) is 10.7. The molecule has 3 nitrogen and oxygen atoms in total. The average molecular weight is 316 g/mol. The molecule has 1 amide bonds. The second kappa shape index (κ2) is 8.69. The number of benzene rings is 1. The Morgan fingerprint density at radius 1 is 1.14 bits per heavy atom. The van der Waals surface area contributed by atoms with Gasteiger partial charge >= 0.3 is 0 Å². The topological polar surface area (TPSA) is 41.1 Å². The third-order valence-electron chi connectivity index (χ3n) is 3.93. The van der Waals surface area contributed by atoms with E-state index in [9.17, 15) is 4.79 Å². The van der Waals surface area contributed by atoms with Crippen LogP contribution in [0.1, 0.15) is 49.7 Å². The van der Waals surface area contributed by atoms with E-state index in [1.54, 1.807) is 6.08 Å². The van der Waals surface area contributed by atoms with Crippen molar-refractivity contribution in [2.24, 2.45) is 0 Å². The number of hydrogen-bond donors (Lipinski definition) is 2. The van der Waals surface area contributed by atoms with Gasteiger partial charge in [-0.15, -0.1) is 0 Å². The lowest BCUT2D eigenvalue weighted by Gasteiger charge is -2.17. The molecule has 0 unspecified atom stereocenters. The van der Waals surface area contributed by atoms with E-state index in [-0.39, 0.29) is 5.91 Å². The van der Waals surface area contributed by atoms with Crippen molar-refractivity contribution in [3.05, 3.63) is 41.5 Å². The highest BCUT2D eigenvalue weighted by Crippen LogP contribution is 2.17. The summed E-state index contributed by atoms with van der Waals surface area (Å²) in [4.78, 5) is 11.9. The zero-order valence-corrected chi connectivity index (χ0v) is 13.9. The van der Waals surface area contributed by atoms with Gasteiger partial charge in [0.05, 0.1) is 0 Å². The van der Waals surface area contributed by atoms with Crippen LogP contribution in [0.3, 0.4) is 0 Å². The molecule has 2 N–H and O–H groups in total. The molecule has 1 aromatic carbocycles. The van der Waals surface area contributed by atoms with Crippen LogP contribution in [0.2, 0.25) is 0 Å². The highest BCUT2D eigenvalue weighted by molar-refractivity contribution is 7.80. The number of thiocarbonyl (C=S) groups is 1. The van der Waals surface area contributed by atoms with Crippen LogP contribution in [-0.2, 0) is 4.79 Å². The Morgan fingerprint density at radius 2 is 1.77 bits per heavy atom. The Kier molecular flexibility index (Phi) is 6.59. The van der Waals surface area contributed by atoms with E-state index in [0.717, 1.165) is 18.4 Å². The lowest BCUT2D eigenvalue weighted by molar-refractivity contribution is -0.115. The van der Waals surface area contributed by atoms with Crippen molar-refractivity contribution < 1.29 is 4.79 Å². The smallest absolute Gasteiger partial charge is 0.250 e. The van der Waals surface area contributed by atoms with Gasteiger partial charge < -0.3 is 5.32 Å². The molecule has 1 saturated carbocycles. The van der Waals surface area contributed by atoms with Crippen LogP contribution in [0.5, 0.6) is 0 Å². The zero-order valence-electron chi connectivity index (χ0n) is 13.1. The van der Waals surface area contributed by atoms with E-state index >= 15 is 0 Å². The summed E-state index contributed by atoms with van der Waals surface area (Å²) >= 11 is 5.23. The molecule has 2 rings (SSSR count). The predicted molar refractivity (Wildman–Crippen MR) is 95.6 cm³/mol. The summed E-state index contributed by atoms with van der Waals surface area (Å²) in [6.45, 7) is 2.04. The summed E-state index contributed by atoms with van der Waals surface area (Å²) in [6, 6.07) is 8.42. The fourth-order valence-electron chi connectivity index (χ4n) is 2.65. The average Bonchev–Trinajstić information content (AvgIpc) is 2.75. The van der Waals surface area contributed by atoms with Gasteiger partial charge in [0.1, 0.15) is 0 Å². The number of nitrogens with one attached hydrogen (secondary N) is 2. The van der Waals surface area contributed by atoms with Gasteiger partial charge in [0.2, 0.25) is 5.91 Å². The van der Waals surface area contributed by atoms with Crippen molar-refractivity contribution >= 4 is 29.3 Å². The number of hydrogen-bond acceptors (Lipinski definition) is 2. The molecule has 0 spiro atoms. The van der Waals surface area contributed by atoms with E-state index in [1.165, 1.54) is 37.3 Å². The molecule has 0 aromatic heterocycles. The van der Waals surface area contributed by atoms with Crippen molar-refractivity contribution in [2.45, 2.75) is 51.5 Å². The van der Waals surface area contributed by atoms with Gasteiger partial charge in [-0.25, -0.2) is 0 Å². The van der Waals surface area contributed by atoms with Crippen molar-refractivity contribution in [1.29, 1.82) is 0 Å². The third-order valence-corrected chi connectivity index (χ3v) is 4.15. The SMILES string of the molecule is Cc1ccc(/C=C/C(=O)NC(=S)NC2CCCCCC2)cc1. The minimum absolute atomic E-state index is 0.188. The molecule has 0 bridgehead atoms. The Morgan fingerprint density at radius 3 is 2.41 bits per heavy atom. The van der Waals surface area contributed by atoms with Gasteiger partial charge in [0.25, 0.3) is 0 Å². The Labute approximate surface area is 138 Å². The van der Waals surface area contributed by atoms with E-state index in [4.69, 9.17) is 12.2 Å². The minimum atomic E-state index is -0.188. The van der Waals surface area contributed by atoms with Crippen LogP contribution < -0.4 is 10.6 Å². The minimum Gasteiger partial charge on any atom is -0.360 e. The van der Waals surface area contributed by atoms with Crippen LogP contribution >= 0.6 is 12.2 Å². The van der Waals surface area contributed by atoms with Gasteiger partial charge in [-0.1, -0.05) is 55.5 Å². The van der Waals surface area contributed by atoms with Crippen molar-refractivity contribution in [3.63, 3.8) is 0 Å². The lowest BCUT2D eigenvalue weighted by Crippen LogP contribution is -2.43. The van der Waals surface area contributed by atoms with Gasteiger partial charge in [-0.2, -0.15) is 0 Å². The quantitative estimate of drug-likeness (QED) is 0.507. The van der Waals surface area contributed by atoms with E-state index in [0.29, 0.717) is 11.2 Å². The maximum atomic E-state index is 11.9. The molecule has 1 aliphatic rings. The second-order valence-corrected chi connectivity index (χ2v) is 6.30. The summed E-state index contributed by atoms with van der Waals surface area (Å²) < 4.78 is 0. The first-order chi connectivity index (χ1) is 10.6. The van der Waals surface area contributed by atoms with E-state index in [2.05, 4.69) is 10.6 Å². The van der Waals surface area contributed by atoms with Gasteiger partial charge in [-0.3, -0.25) is 10.1 Å². The highest BCUT2D eigenvalue weighted by atomic mass is 32.1.